The molecule has 0 amide bonds. The van der Waals surface area contributed by atoms with Crippen LogP contribution in [0.25, 0.3) is 21.3 Å². The van der Waals surface area contributed by atoms with E-state index in [1.165, 1.54) is 0 Å². The van der Waals surface area contributed by atoms with E-state index in [2.05, 4.69) is 4.98 Å². The van der Waals surface area contributed by atoms with Gasteiger partial charge in [-0.05, 0) is 42.4 Å². The van der Waals surface area contributed by atoms with Crippen molar-refractivity contribution in [3.8, 4) is 11.1 Å². The predicted molar refractivity (Wildman–Crippen MR) is 112 cm³/mol. The van der Waals surface area contributed by atoms with Crippen molar-refractivity contribution in [2.75, 3.05) is 0 Å². The number of fused-ring (bicyclic) bond motifs is 1. The van der Waals surface area contributed by atoms with E-state index in [1.54, 1.807) is 15.9 Å². The van der Waals surface area contributed by atoms with Crippen LogP contribution in [0, 0.1) is 11.7 Å². The topological polar surface area (TPSA) is 37.8 Å². The van der Waals surface area contributed by atoms with Crippen molar-refractivity contribution >= 4 is 45.4 Å². The van der Waals surface area contributed by atoms with Gasteiger partial charge in [0.1, 0.15) is 4.83 Å². The number of rotatable bonds is 3. The Morgan fingerprint density at radius 2 is 1.92 bits per heavy atom. The Kier molecular flexibility index (Phi) is 4.53. The molecule has 130 valence electrons. The van der Waals surface area contributed by atoms with Crippen LogP contribution >= 0.6 is 35.2 Å². The minimum absolute atomic E-state index is 0.0769. The van der Waals surface area contributed by atoms with E-state index in [1.807, 2.05) is 61.5 Å². The Morgan fingerprint density at radius 3 is 2.65 bits per heavy atom. The number of aryl methyl sites for hydroxylation is 1. The van der Waals surface area contributed by atoms with Crippen molar-refractivity contribution in [2.24, 2.45) is 0 Å². The van der Waals surface area contributed by atoms with E-state index < -0.39 is 0 Å². The Balaban J connectivity index is 1.98. The second-order valence-electron chi connectivity index (χ2n) is 6.05. The minimum Gasteiger partial charge on any atom is -0.323 e. The molecule has 26 heavy (non-hydrogen) atoms. The highest BCUT2D eigenvalue weighted by Crippen LogP contribution is 2.36. The van der Waals surface area contributed by atoms with E-state index in [4.69, 9.17) is 23.8 Å². The van der Waals surface area contributed by atoms with Crippen LogP contribution in [-0.4, -0.2) is 9.55 Å². The first-order valence-corrected chi connectivity index (χ1v) is 9.71. The molecule has 4 aromatic rings. The van der Waals surface area contributed by atoms with Gasteiger partial charge in [-0.15, -0.1) is 11.3 Å². The minimum atomic E-state index is -0.0769. The molecule has 0 aliphatic rings. The van der Waals surface area contributed by atoms with E-state index in [-0.39, 0.29) is 5.56 Å². The summed E-state index contributed by atoms with van der Waals surface area (Å²) in [4.78, 5) is 18.4. The Labute approximate surface area is 164 Å². The van der Waals surface area contributed by atoms with Crippen molar-refractivity contribution in [3.63, 3.8) is 0 Å². The molecule has 3 nitrogen and oxygen atoms in total. The van der Waals surface area contributed by atoms with Crippen molar-refractivity contribution in [2.45, 2.75) is 13.5 Å². The lowest BCUT2D eigenvalue weighted by Crippen LogP contribution is -2.22. The lowest BCUT2D eigenvalue weighted by molar-refractivity contribution is 0.735. The van der Waals surface area contributed by atoms with Gasteiger partial charge in [-0.2, -0.15) is 0 Å². The third-order valence-electron chi connectivity index (χ3n) is 4.31. The molecule has 0 fully saturated rings. The first-order valence-electron chi connectivity index (χ1n) is 8.10. The van der Waals surface area contributed by atoms with Gasteiger partial charge < -0.3 is 4.98 Å². The Hall–Kier alpha value is -2.21. The Morgan fingerprint density at radius 1 is 1.15 bits per heavy atom. The van der Waals surface area contributed by atoms with Gasteiger partial charge in [-0.1, -0.05) is 54.1 Å². The normalized spacial score (nSPS) is 11.2. The van der Waals surface area contributed by atoms with Gasteiger partial charge in [0, 0.05) is 15.5 Å². The van der Waals surface area contributed by atoms with E-state index >= 15 is 0 Å². The maximum Gasteiger partial charge on any atom is 0.263 e. The first kappa shape index (κ1) is 17.2. The molecule has 0 aliphatic heterocycles. The largest absolute Gasteiger partial charge is 0.323 e. The van der Waals surface area contributed by atoms with Crippen molar-refractivity contribution in [1.82, 2.24) is 9.55 Å². The van der Waals surface area contributed by atoms with Crippen LogP contribution in [-0.2, 0) is 6.54 Å². The van der Waals surface area contributed by atoms with Crippen LogP contribution in [0.4, 0.5) is 0 Å². The van der Waals surface area contributed by atoms with Crippen molar-refractivity contribution in [3.05, 3.63) is 85.2 Å². The van der Waals surface area contributed by atoms with Crippen molar-refractivity contribution < 1.29 is 0 Å². The summed E-state index contributed by atoms with van der Waals surface area (Å²) in [5.41, 5.74) is 2.82. The van der Waals surface area contributed by atoms with E-state index in [9.17, 15) is 4.79 Å². The van der Waals surface area contributed by atoms with Crippen LogP contribution in [0.3, 0.4) is 0 Å². The highest BCUT2D eigenvalue weighted by molar-refractivity contribution is 7.71. The standard InChI is InChI=1S/C20H15ClN2OS2/c1-12-16(14-8-5-9-15(21)10-14)17-18(26-12)22-20(25)23(19(17)24)11-13-6-3-2-4-7-13/h2-10H,11H2,1H3,(H,22,25). The molecular formula is C20H15ClN2OS2. The number of thiophene rings is 1. The van der Waals surface area contributed by atoms with Gasteiger partial charge in [-0.25, -0.2) is 0 Å². The predicted octanol–water partition coefficient (Wildman–Crippen LogP) is 5.80. The second kappa shape index (κ2) is 6.83. The van der Waals surface area contributed by atoms with Gasteiger partial charge in [-0.3, -0.25) is 9.36 Å². The summed E-state index contributed by atoms with van der Waals surface area (Å²) < 4.78 is 2.05. The zero-order valence-electron chi connectivity index (χ0n) is 14.0. The first-order chi connectivity index (χ1) is 12.5. The molecule has 0 bridgehead atoms. The molecule has 0 radical (unpaired) electrons. The highest BCUT2D eigenvalue weighted by atomic mass is 35.5. The highest BCUT2D eigenvalue weighted by Gasteiger charge is 2.17. The molecule has 6 heteroatoms. The number of H-pyrrole nitrogens is 1. The zero-order chi connectivity index (χ0) is 18.3. The number of nitrogens with zero attached hydrogens (tertiary/aromatic N) is 1. The van der Waals surface area contributed by atoms with E-state index in [0.29, 0.717) is 21.7 Å². The molecule has 0 atom stereocenters. The molecule has 2 aromatic carbocycles. The fraction of sp³-hybridized carbons (Fsp3) is 0.100. The quantitative estimate of drug-likeness (QED) is 0.443. The number of hydrogen-bond donors (Lipinski definition) is 1. The zero-order valence-corrected chi connectivity index (χ0v) is 16.3. The maximum absolute atomic E-state index is 13.3. The molecule has 0 spiro atoms. The van der Waals surface area contributed by atoms with Gasteiger partial charge >= 0.3 is 0 Å². The third kappa shape index (κ3) is 3.03. The number of halogens is 1. The van der Waals surface area contributed by atoms with Gasteiger partial charge in [0.05, 0.1) is 11.9 Å². The molecule has 0 unspecified atom stereocenters. The number of aromatic nitrogens is 2. The molecule has 0 saturated heterocycles. The lowest BCUT2D eigenvalue weighted by Gasteiger charge is -2.08. The number of nitrogens with one attached hydrogen (secondary N) is 1. The third-order valence-corrected chi connectivity index (χ3v) is 5.88. The summed E-state index contributed by atoms with van der Waals surface area (Å²) in [6.45, 7) is 2.45. The molecule has 2 aromatic heterocycles. The van der Waals surface area contributed by atoms with Gasteiger partial charge in [0.2, 0.25) is 0 Å². The van der Waals surface area contributed by atoms with Gasteiger partial charge in [0.15, 0.2) is 4.77 Å². The second-order valence-corrected chi connectivity index (χ2v) is 8.10. The molecule has 0 aliphatic carbocycles. The summed E-state index contributed by atoms with van der Waals surface area (Å²) in [5, 5.41) is 1.31. The molecule has 0 saturated carbocycles. The SMILES string of the molecule is Cc1sc2[nH]c(=S)n(Cc3ccccc3)c(=O)c2c1-c1cccc(Cl)c1. The smallest absolute Gasteiger partial charge is 0.263 e. The average Bonchev–Trinajstić information content (AvgIpc) is 2.95. The average molecular weight is 399 g/mol. The molecule has 1 N–H and O–H groups in total. The van der Waals surface area contributed by atoms with E-state index in [0.717, 1.165) is 26.4 Å². The van der Waals surface area contributed by atoms with Gasteiger partial charge in [0.25, 0.3) is 5.56 Å². The summed E-state index contributed by atoms with van der Waals surface area (Å²) in [6, 6.07) is 17.4. The fourth-order valence-electron chi connectivity index (χ4n) is 3.13. The lowest BCUT2D eigenvalue weighted by atomic mass is 10.0. The summed E-state index contributed by atoms with van der Waals surface area (Å²) >= 11 is 13.2. The fourth-order valence-corrected chi connectivity index (χ4v) is 4.70. The van der Waals surface area contributed by atoms with Crippen LogP contribution in [0.1, 0.15) is 10.4 Å². The van der Waals surface area contributed by atoms with Crippen LogP contribution in [0.15, 0.2) is 59.4 Å². The summed E-state index contributed by atoms with van der Waals surface area (Å²) in [5.74, 6) is 0. The Bertz CT molecular complexity index is 1220. The molecule has 4 rings (SSSR count). The maximum atomic E-state index is 13.3. The summed E-state index contributed by atoms with van der Waals surface area (Å²) in [6.07, 6.45) is 0. The van der Waals surface area contributed by atoms with Crippen molar-refractivity contribution in [1.29, 1.82) is 0 Å². The summed E-state index contributed by atoms with van der Waals surface area (Å²) in [7, 11) is 0. The number of benzene rings is 2. The molecular weight excluding hydrogens is 384 g/mol. The monoisotopic (exact) mass is 398 g/mol. The van der Waals surface area contributed by atoms with Crippen LogP contribution in [0.2, 0.25) is 5.02 Å². The number of aromatic amines is 1. The van der Waals surface area contributed by atoms with Crippen LogP contribution in [0.5, 0.6) is 0 Å². The molecule has 2 heterocycles. The van der Waals surface area contributed by atoms with Crippen LogP contribution < -0.4 is 5.56 Å². The number of hydrogen-bond acceptors (Lipinski definition) is 3.